The summed E-state index contributed by atoms with van der Waals surface area (Å²) in [4.78, 5) is 12.5. The number of carbonyl (C=O) groups is 1. The van der Waals surface area contributed by atoms with Crippen LogP contribution in [0.5, 0.6) is 5.75 Å². The van der Waals surface area contributed by atoms with E-state index in [-0.39, 0.29) is 29.6 Å². The Labute approximate surface area is 149 Å². The standard InChI is InChI=1S/C18H26N2O3.ClH/c1-22-13-18(6-8-19-9-7-18)12-20-17(21)15-10-14-4-2-3-5-16(14)23-11-15;/h2-5,15,19H,6-13H2,1H3,(H,20,21);1H. The molecule has 0 aromatic heterocycles. The molecule has 1 fully saturated rings. The quantitative estimate of drug-likeness (QED) is 0.846. The maximum absolute atomic E-state index is 12.5. The van der Waals surface area contributed by atoms with Crippen molar-refractivity contribution < 1.29 is 14.3 Å². The van der Waals surface area contributed by atoms with Crippen LogP contribution in [-0.2, 0) is 16.0 Å². The molecule has 0 radical (unpaired) electrons. The molecule has 5 nitrogen and oxygen atoms in total. The molecule has 6 heteroatoms. The Morgan fingerprint density at radius 2 is 2.12 bits per heavy atom. The number of carbonyl (C=O) groups excluding carboxylic acids is 1. The van der Waals surface area contributed by atoms with Crippen molar-refractivity contribution >= 4 is 18.3 Å². The molecular formula is C18H27ClN2O3. The lowest BCUT2D eigenvalue weighted by Gasteiger charge is -2.37. The average molecular weight is 355 g/mol. The van der Waals surface area contributed by atoms with Gasteiger partial charge in [-0.2, -0.15) is 0 Å². The van der Waals surface area contributed by atoms with Crippen LogP contribution in [0, 0.1) is 11.3 Å². The minimum Gasteiger partial charge on any atom is -0.492 e. The van der Waals surface area contributed by atoms with E-state index in [4.69, 9.17) is 9.47 Å². The van der Waals surface area contributed by atoms with Crippen LogP contribution in [-0.4, -0.2) is 45.9 Å². The first-order valence-electron chi connectivity index (χ1n) is 8.40. The molecule has 24 heavy (non-hydrogen) atoms. The van der Waals surface area contributed by atoms with Crippen molar-refractivity contribution in [2.45, 2.75) is 19.3 Å². The summed E-state index contributed by atoms with van der Waals surface area (Å²) in [6.45, 7) is 3.80. The lowest BCUT2D eigenvalue weighted by molar-refractivity contribution is -0.127. The number of piperidine rings is 1. The van der Waals surface area contributed by atoms with Gasteiger partial charge in [-0.15, -0.1) is 12.4 Å². The van der Waals surface area contributed by atoms with Gasteiger partial charge in [-0.3, -0.25) is 4.79 Å². The monoisotopic (exact) mass is 354 g/mol. The zero-order valence-corrected chi connectivity index (χ0v) is 15.0. The third-order valence-electron chi connectivity index (χ3n) is 5.00. The molecular weight excluding hydrogens is 328 g/mol. The molecule has 2 aliphatic rings. The van der Waals surface area contributed by atoms with E-state index in [1.54, 1.807) is 7.11 Å². The van der Waals surface area contributed by atoms with Crippen molar-refractivity contribution in [1.82, 2.24) is 10.6 Å². The molecule has 0 saturated carbocycles. The highest BCUT2D eigenvalue weighted by molar-refractivity contribution is 5.85. The van der Waals surface area contributed by atoms with Crippen molar-refractivity contribution in [2.75, 3.05) is 40.0 Å². The predicted octanol–water partition coefficient (Wildman–Crippen LogP) is 1.79. The van der Waals surface area contributed by atoms with E-state index < -0.39 is 0 Å². The van der Waals surface area contributed by atoms with Gasteiger partial charge in [0.15, 0.2) is 0 Å². The zero-order chi connectivity index (χ0) is 16.1. The molecule has 1 saturated heterocycles. The van der Waals surface area contributed by atoms with E-state index in [1.807, 2.05) is 24.3 Å². The number of ether oxygens (including phenoxy) is 2. The first-order valence-corrected chi connectivity index (χ1v) is 8.40. The highest BCUT2D eigenvalue weighted by Crippen LogP contribution is 2.29. The summed E-state index contributed by atoms with van der Waals surface area (Å²) in [7, 11) is 1.73. The minimum absolute atomic E-state index is 0. The van der Waals surface area contributed by atoms with E-state index >= 15 is 0 Å². The number of halogens is 1. The third kappa shape index (κ3) is 4.41. The van der Waals surface area contributed by atoms with Crippen molar-refractivity contribution in [3.8, 4) is 5.75 Å². The molecule has 1 unspecified atom stereocenters. The molecule has 134 valence electrons. The summed E-state index contributed by atoms with van der Waals surface area (Å²) in [6, 6.07) is 7.95. The van der Waals surface area contributed by atoms with Gasteiger partial charge in [0, 0.05) is 19.1 Å². The maximum Gasteiger partial charge on any atom is 0.226 e. The van der Waals surface area contributed by atoms with Crippen LogP contribution in [0.2, 0.25) is 0 Å². The Kier molecular flexibility index (Phi) is 6.90. The Hall–Kier alpha value is -1.30. The fourth-order valence-electron chi connectivity index (χ4n) is 3.55. The van der Waals surface area contributed by atoms with Crippen molar-refractivity contribution in [2.24, 2.45) is 11.3 Å². The van der Waals surface area contributed by atoms with Gasteiger partial charge >= 0.3 is 0 Å². The Morgan fingerprint density at radius 3 is 2.88 bits per heavy atom. The summed E-state index contributed by atoms with van der Waals surface area (Å²) in [5.74, 6) is 0.894. The smallest absolute Gasteiger partial charge is 0.226 e. The predicted molar refractivity (Wildman–Crippen MR) is 95.8 cm³/mol. The number of methoxy groups -OCH3 is 1. The van der Waals surface area contributed by atoms with Gasteiger partial charge in [0.25, 0.3) is 0 Å². The molecule has 1 aromatic carbocycles. The average Bonchev–Trinajstić information content (AvgIpc) is 2.60. The molecule has 2 heterocycles. The molecule has 1 atom stereocenters. The van der Waals surface area contributed by atoms with Gasteiger partial charge in [0.2, 0.25) is 5.91 Å². The van der Waals surface area contributed by atoms with Crippen molar-refractivity contribution in [3.05, 3.63) is 29.8 Å². The molecule has 1 amide bonds. The number of amides is 1. The molecule has 0 spiro atoms. The SMILES string of the molecule is COCC1(CNC(=O)C2COc3ccccc3C2)CCNCC1.Cl. The van der Waals surface area contributed by atoms with Gasteiger partial charge in [-0.1, -0.05) is 18.2 Å². The zero-order valence-electron chi connectivity index (χ0n) is 14.2. The number of fused-ring (bicyclic) bond motifs is 1. The van der Waals surface area contributed by atoms with Crippen LogP contribution in [0.4, 0.5) is 0 Å². The largest absolute Gasteiger partial charge is 0.492 e. The van der Waals surface area contributed by atoms with Crippen LogP contribution in [0.3, 0.4) is 0 Å². The van der Waals surface area contributed by atoms with Gasteiger partial charge in [-0.25, -0.2) is 0 Å². The summed E-state index contributed by atoms with van der Waals surface area (Å²) < 4.78 is 11.1. The molecule has 1 aromatic rings. The molecule has 3 rings (SSSR count). The summed E-state index contributed by atoms with van der Waals surface area (Å²) in [6.07, 6.45) is 2.82. The first-order chi connectivity index (χ1) is 11.2. The topological polar surface area (TPSA) is 59.6 Å². The Balaban J connectivity index is 0.00000208. The second-order valence-corrected chi connectivity index (χ2v) is 6.72. The third-order valence-corrected chi connectivity index (χ3v) is 5.00. The summed E-state index contributed by atoms with van der Waals surface area (Å²) >= 11 is 0. The number of nitrogens with one attached hydrogen (secondary N) is 2. The Morgan fingerprint density at radius 1 is 1.38 bits per heavy atom. The first kappa shape index (κ1) is 19.0. The van der Waals surface area contributed by atoms with Crippen molar-refractivity contribution in [3.63, 3.8) is 0 Å². The fourth-order valence-corrected chi connectivity index (χ4v) is 3.55. The van der Waals surface area contributed by atoms with Gasteiger partial charge in [0.1, 0.15) is 12.4 Å². The fraction of sp³-hybridized carbons (Fsp3) is 0.611. The molecule has 0 aliphatic carbocycles. The lowest BCUT2D eigenvalue weighted by atomic mass is 9.79. The molecule has 2 N–H and O–H groups in total. The number of benzene rings is 1. The van der Waals surface area contributed by atoms with Crippen molar-refractivity contribution in [1.29, 1.82) is 0 Å². The number of para-hydroxylation sites is 1. The van der Waals surface area contributed by atoms with Crippen LogP contribution in [0.15, 0.2) is 24.3 Å². The van der Waals surface area contributed by atoms with E-state index in [1.165, 1.54) is 0 Å². The van der Waals surface area contributed by atoms with Gasteiger partial charge < -0.3 is 20.1 Å². The maximum atomic E-state index is 12.5. The van der Waals surface area contributed by atoms with Crippen LogP contribution in [0.1, 0.15) is 18.4 Å². The highest BCUT2D eigenvalue weighted by atomic mass is 35.5. The normalized spacial score (nSPS) is 21.8. The summed E-state index contributed by atoms with van der Waals surface area (Å²) in [5, 5.41) is 6.52. The van der Waals surface area contributed by atoms with E-state index in [0.29, 0.717) is 19.8 Å². The van der Waals surface area contributed by atoms with Crippen LogP contribution < -0.4 is 15.4 Å². The molecule has 2 aliphatic heterocycles. The number of hydrogen-bond acceptors (Lipinski definition) is 4. The van der Waals surface area contributed by atoms with E-state index in [0.717, 1.165) is 43.7 Å². The number of hydrogen-bond donors (Lipinski definition) is 2. The van der Waals surface area contributed by atoms with E-state index in [2.05, 4.69) is 10.6 Å². The second kappa shape index (κ2) is 8.70. The highest BCUT2D eigenvalue weighted by Gasteiger charge is 2.34. The number of rotatable bonds is 5. The van der Waals surface area contributed by atoms with Crippen LogP contribution >= 0.6 is 12.4 Å². The summed E-state index contributed by atoms with van der Waals surface area (Å²) in [5.41, 5.74) is 1.18. The van der Waals surface area contributed by atoms with Gasteiger partial charge in [0.05, 0.1) is 12.5 Å². The Bertz CT molecular complexity index is 541. The molecule has 0 bridgehead atoms. The van der Waals surface area contributed by atoms with Gasteiger partial charge in [-0.05, 0) is 44.0 Å². The lowest BCUT2D eigenvalue weighted by Crippen LogP contribution is -2.49. The van der Waals surface area contributed by atoms with Crippen LogP contribution in [0.25, 0.3) is 0 Å². The minimum atomic E-state index is -0.105. The van der Waals surface area contributed by atoms with E-state index in [9.17, 15) is 4.79 Å². The second-order valence-electron chi connectivity index (χ2n) is 6.72.